The molecule has 3 aromatic rings. The number of nitrogens with one attached hydrogen (secondary N) is 1. The fraction of sp³-hybridized carbons (Fsp3) is 0.250. The van der Waals surface area contributed by atoms with Crippen molar-refractivity contribution in [3.8, 4) is 6.07 Å². The lowest BCUT2D eigenvalue weighted by atomic mass is 10.2. The summed E-state index contributed by atoms with van der Waals surface area (Å²) in [5.41, 5.74) is 2.27. The summed E-state index contributed by atoms with van der Waals surface area (Å²) in [4.78, 5) is 22.2. The zero-order chi connectivity index (χ0) is 19.3. The molecule has 0 saturated carbocycles. The van der Waals surface area contributed by atoms with E-state index < -0.39 is 0 Å². The van der Waals surface area contributed by atoms with Crippen LogP contribution in [0, 0.1) is 18.3 Å². The van der Waals surface area contributed by atoms with Crippen molar-refractivity contribution in [2.24, 2.45) is 0 Å². The summed E-state index contributed by atoms with van der Waals surface area (Å²) in [6.45, 7) is 5.28. The third-order valence-corrected chi connectivity index (χ3v) is 4.53. The van der Waals surface area contributed by atoms with Crippen molar-refractivity contribution < 1.29 is 0 Å². The van der Waals surface area contributed by atoms with Gasteiger partial charge in [-0.3, -0.25) is 0 Å². The van der Waals surface area contributed by atoms with Gasteiger partial charge in [0.05, 0.1) is 11.6 Å². The highest BCUT2D eigenvalue weighted by Crippen LogP contribution is 2.21. The molecule has 1 saturated heterocycles. The molecule has 0 spiro atoms. The number of aryl methyl sites for hydroxylation is 1. The first-order valence-corrected chi connectivity index (χ1v) is 9.11. The van der Waals surface area contributed by atoms with Crippen LogP contribution in [-0.2, 0) is 0 Å². The van der Waals surface area contributed by atoms with Crippen LogP contribution in [0.5, 0.6) is 0 Å². The van der Waals surface area contributed by atoms with E-state index >= 15 is 0 Å². The lowest BCUT2D eigenvalue weighted by Crippen LogP contribution is -2.47. The van der Waals surface area contributed by atoms with Crippen molar-refractivity contribution in [3.63, 3.8) is 0 Å². The molecule has 1 aliphatic rings. The van der Waals surface area contributed by atoms with Crippen LogP contribution >= 0.6 is 0 Å². The van der Waals surface area contributed by atoms with Crippen molar-refractivity contribution >= 4 is 23.4 Å². The first-order valence-electron chi connectivity index (χ1n) is 9.11. The molecule has 0 amide bonds. The number of aromatic nitrogens is 4. The smallest absolute Gasteiger partial charge is 0.229 e. The van der Waals surface area contributed by atoms with E-state index in [-0.39, 0.29) is 0 Å². The number of anilines is 4. The maximum Gasteiger partial charge on any atom is 0.229 e. The van der Waals surface area contributed by atoms with Crippen LogP contribution < -0.4 is 15.1 Å². The van der Waals surface area contributed by atoms with Gasteiger partial charge in [0.15, 0.2) is 0 Å². The number of hydrogen-bond donors (Lipinski definition) is 1. The molecule has 1 N–H and O–H groups in total. The molecule has 2 aromatic heterocycles. The third-order valence-electron chi connectivity index (χ3n) is 4.53. The summed E-state index contributed by atoms with van der Waals surface area (Å²) >= 11 is 0. The summed E-state index contributed by atoms with van der Waals surface area (Å²) in [6, 6.07) is 13.2. The molecule has 0 atom stereocenters. The fourth-order valence-corrected chi connectivity index (χ4v) is 3.16. The van der Waals surface area contributed by atoms with E-state index in [1.54, 1.807) is 24.5 Å². The van der Waals surface area contributed by atoms with Crippen LogP contribution in [0.4, 0.5) is 23.4 Å². The highest BCUT2D eigenvalue weighted by Gasteiger charge is 2.20. The van der Waals surface area contributed by atoms with Crippen molar-refractivity contribution in [3.05, 3.63) is 60.0 Å². The summed E-state index contributed by atoms with van der Waals surface area (Å²) in [6.07, 6.45) is 3.53. The molecule has 0 aliphatic carbocycles. The van der Waals surface area contributed by atoms with E-state index in [9.17, 15) is 0 Å². The van der Waals surface area contributed by atoms with Crippen LogP contribution in [0.2, 0.25) is 0 Å². The maximum absolute atomic E-state index is 9.06. The Hall–Kier alpha value is -3.73. The topological polar surface area (TPSA) is 93.9 Å². The number of hydrogen-bond acceptors (Lipinski definition) is 8. The summed E-state index contributed by atoms with van der Waals surface area (Å²) in [5.74, 6) is 2.18. The number of nitriles is 1. The molecule has 0 bridgehead atoms. The average molecular weight is 372 g/mol. The number of benzene rings is 1. The molecular weight excluding hydrogens is 352 g/mol. The Morgan fingerprint density at radius 1 is 0.964 bits per heavy atom. The molecule has 140 valence electrons. The van der Waals surface area contributed by atoms with Gasteiger partial charge in [-0.2, -0.15) is 10.2 Å². The van der Waals surface area contributed by atoms with Gasteiger partial charge in [-0.25, -0.2) is 15.0 Å². The van der Waals surface area contributed by atoms with Crippen molar-refractivity contribution in [2.75, 3.05) is 41.3 Å². The van der Waals surface area contributed by atoms with E-state index in [4.69, 9.17) is 5.26 Å². The zero-order valence-corrected chi connectivity index (χ0v) is 15.6. The molecule has 1 fully saturated rings. The van der Waals surface area contributed by atoms with Gasteiger partial charge >= 0.3 is 0 Å². The van der Waals surface area contributed by atoms with Gasteiger partial charge in [-0.15, -0.1) is 0 Å². The van der Waals surface area contributed by atoms with Crippen LogP contribution in [-0.4, -0.2) is 46.1 Å². The minimum Gasteiger partial charge on any atom is -0.353 e. The van der Waals surface area contributed by atoms with Crippen LogP contribution in [0.15, 0.2) is 48.8 Å². The maximum atomic E-state index is 9.06. The van der Waals surface area contributed by atoms with Crippen LogP contribution in [0.1, 0.15) is 11.3 Å². The van der Waals surface area contributed by atoms with Crippen LogP contribution in [0.3, 0.4) is 0 Å². The molecular formula is C20H20N8. The lowest BCUT2D eigenvalue weighted by Gasteiger charge is -2.35. The highest BCUT2D eigenvalue weighted by atomic mass is 15.3. The van der Waals surface area contributed by atoms with E-state index in [0.29, 0.717) is 11.5 Å². The molecule has 28 heavy (non-hydrogen) atoms. The quantitative estimate of drug-likeness (QED) is 0.747. The molecule has 8 nitrogen and oxygen atoms in total. The molecule has 3 heterocycles. The van der Waals surface area contributed by atoms with E-state index in [1.165, 1.54) is 0 Å². The Labute approximate surface area is 163 Å². The number of nitrogens with zero attached hydrogens (tertiary/aromatic N) is 7. The molecule has 0 unspecified atom stereocenters. The monoisotopic (exact) mass is 372 g/mol. The molecule has 4 rings (SSSR count). The normalized spacial score (nSPS) is 13.9. The largest absolute Gasteiger partial charge is 0.353 e. The van der Waals surface area contributed by atoms with Gasteiger partial charge < -0.3 is 15.1 Å². The molecule has 1 aliphatic heterocycles. The van der Waals surface area contributed by atoms with E-state index in [1.807, 2.05) is 31.2 Å². The van der Waals surface area contributed by atoms with E-state index in [2.05, 4.69) is 41.1 Å². The van der Waals surface area contributed by atoms with Gasteiger partial charge in [-0.1, -0.05) is 6.07 Å². The molecule has 1 aromatic carbocycles. The van der Waals surface area contributed by atoms with Gasteiger partial charge in [0, 0.05) is 56.0 Å². The standard InChI is InChI=1S/C20H20N8/c1-15-12-18(26-19(24-15)25-17-5-2-4-16(13-17)14-21)27-8-10-28(11-9-27)20-22-6-3-7-23-20/h2-7,12-13H,8-11H2,1H3,(H,24,25,26). The van der Waals surface area contributed by atoms with E-state index in [0.717, 1.165) is 49.3 Å². The summed E-state index contributed by atoms with van der Waals surface area (Å²) in [5, 5.41) is 12.3. The first kappa shape index (κ1) is 17.7. The Morgan fingerprint density at radius 3 is 2.46 bits per heavy atom. The number of rotatable bonds is 4. The predicted molar refractivity (Wildman–Crippen MR) is 108 cm³/mol. The Kier molecular flexibility index (Phi) is 4.97. The van der Waals surface area contributed by atoms with Crippen molar-refractivity contribution in [2.45, 2.75) is 6.92 Å². The lowest BCUT2D eigenvalue weighted by molar-refractivity contribution is 0.634. The molecule has 8 heteroatoms. The summed E-state index contributed by atoms with van der Waals surface area (Å²) < 4.78 is 0. The minimum atomic E-state index is 0.527. The van der Waals surface area contributed by atoms with Gasteiger partial charge in [-0.05, 0) is 31.2 Å². The predicted octanol–water partition coefficient (Wildman–Crippen LogP) is 2.52. The van der Waals surface area contributed by atoms with Gasteiger partial charge in [0.1, 0.15) is 5.82 Å². The second kappa shape index (κ2) is 7.88. The minimum absolute atomic E-state index is 0.527. The fourth-order valence-electron chi connectivity index (χ4n) is 3.16. The first-order chi connectivity index (χ1) is 13.7. The van der Waals surface area contributed by atoms with Crippen LogP contribution in [0.25, 0.3) is 0 Å². The second-order valence-corrected chi connectivity index (χ2v) is 6.53. The SMILES string of the molecule is Cc1cc(N2CCN(c3ncccn3)CC2)nc(Nc2cccc(C#N)c2)n1. The number of piperazine rings is 1. The Morgan fingerprint density at radius 2 is 1.71 bits per heavy atom. The third kappa shape index (κ3) is 3.99. The Bertz CT molecular complexity index is 991. The highest BCUT2D eigenvalue weighted by molar-refractivity contribution is 5.58. The summed E-state index contributed by atoms with van der Waals surface area (Å²) in [7, 11) is 0. The molecule has 0 radical (unpaired) electrons. The van der Waals surface area contributed by atoms with Crippen molar-refractivity contribution in [1.82, 2.24) is 19.9 Å². The zero-order valence-electron chi connectivity index (χ0n) is 15.6. The second-order valence-electron chi connectivity index (χ2n) is 6.53. The van der Waals surface area contributed by atoms with Crippen molar-refractivity contribution in [1.29, 1.82) is 5.26 Å². The Balaban J connectivity index is 1.48. The van der Waals surface area contributed by atoms with Gasteiger partial charge in [0.2, 0.25) is 11.9 Å². The average Bonchev–Trinajstić information content (AvgIpc) is 2.74. The van der Waals surface area contributed by atoms with Gasteiger partial charge in [0.25, 0.3) is 0 Å².